The van der Waals surface area contributed by atoms with E-state index in [4.69, 9.17) is 11.6 Å². The minimum atomic E-state index is -0.258. The molecule has 0 saturated heterocycles. The van der Waals surface area contributed by atoms with Crippen molar-refractivity contribution in [3.8, 4) is 0 Å². The van der Waals surface area contributed by atoms with Gasteiger partial charge >= 0.3 is 0 Å². The van der Waals surface area contributed by atoms with Crippen LogP contribution in [0.25, 0.3) is 0 Å². The summed E-state index contributed by atoms with van der Waals surface area (Å²) in [4.78, 5) is 11.0. The summed E-state index contributed by atoms with van der Waals surface area (Å²) in [5.74, 6) is 1.01. The van der Waals surface area contributed by atoms with Crippen LogP contribution in [0.5, 0.6) is 0 Å². The largest absolute Gasteiger partial charge is 0.281 e. The van der Waals surface area contributed by atoms with E-state index in [1.165, 1.54) is 16.7 Å². The van der Waals surface area contributed by atoms with Crippen LogP contribution >= 0.6 is 23.4 Å². The monoisotopic (exact) mass is 408 g/mol. The Hall–Kier alpha value is -2.03. The minimum absolute atomic E-state index is 0.236. The Bertz CT molecular complexity index is 753. The fourth-order valence-corrected chi connectivity index (χ4v) is 5.23. The molecule has 0 aliphatic rings. The molecule has 0 unspecified atom stereocenters. The maximum Gasteiger partial charge on any atom is 0.221 e. The molecule has 0 fully saturated rings. The van der Waals surface area contributed by atoms with Crippen LogP contribution in [0.15, 0.2) is 91.0 Å². The van der Waals surface area contributed by atoms with Crippen molar-refractivity contribution in [1.82, 2.24) is 0 Å². The molecule has 0 aliphatic heterocycles. The van der Waals surface area contributed by atoms with Gasteiger partial charge in [0, 0.05) is 6.42 Å². The first-order valence-electron chi connectivity index (χ1n) is 9.72. The van der Waals surface area contributed by atoms with Gasteiger partial charge in [0.2, 0.25) is 5.24 Å². The molecule has 0 heterocycles. The highest BCUT2D eigenvalue weighted by Gasteiger charge is 2.36. The van der Waals surface area contributed by atoms with E-state index in [2.05, 4.69) is 91.0 Å². The topological polar surface area (TPSA) is 17.1 Å². The fraction of sp³-hybridized carbons (Fsp3) is 0.240. The lowest BCUT2D eigenvalue weighted by atomic mass is 9.84. The molecule has 0 aromatic heterocycles. The lowest BCUT2D eigenvalue weighted by molar-refractivity contribution is -0.111. The van der Waals surface area contributed by atoms with Crippen LogP contribution in [0.2, 0.25) is 0 Å². The quantitative estimate of drug-likeness (QED) is 0.203. The predicted molar refractivity (Wildman–Crippen MR) is 121 cm³/mol. The molecule has 144 valence electrons. The van der Waals surface area contributed by atoms with Crippen molar-refractivity contribution in [2.24, 2.45) is 0 Å². The Morgan fingerprint density at radius 2 is 1.11 bits per heavy atom. The van der Waals surface area contributed by atoms with Gasteiger partial charge in [-0.1, -0.05) is 97.4 Å². The molecule has 3 rings (SSSR count). The molecule has 3 aromatic rings. The highest BCUT2D eigenvalue weighted by molar-refractivity contribution is 8.00. The molecule has 0 radical (unpaired) electrons. The van der Waals surface area contributed by atoms with E-state index in [1.54, 1.807) is 0 Å². The number of hydrogen-bond donors (Lipinski definition) is 0. The van der Waals surface area contributed by atoms with Gasteiger partial charge in [-0.25, -0.2) is 0 Å². The van der Waals surface area contributed by atoms with Gasteiger partial charge in [-0.2, -0.15) is 0 Å². The van der Waals surface area contributed by atoms with Crippen LogP contribution in [0, 0.1) is 0 Å². The Balaban J connectivity index is 1.94. The Morgan fingerprint density at radius 1 is 0.679 bits per heavy atom. The normalized spacial score (nSPS) is 11.3. The summed E-state index contributed by atoms with van der Waals surface area (Å²) in [6, 6.07) is 32.2. The van der Waals surface area contributed by atoms with Crippen molar-refractivity contribution in [3.05, 3.63) is 108 Å². The van der Waals surface area contributed by atoms with Crippen LogP contribution in [0.4, 0.5) is 0 Å². The first-order chi connectivity index (χ1) is 13.7. The summed E-state index contributed by atoms with van der Waals surface area (Å²) in [6.07, 6.45) is 3.40. The van der Waals surface area contributed by atoms with E-state index < -0.39 is 0 Å². The summed E-state index contributed by atoms with van der Waals surface area (Å²) in [7, 11) is 0. The Morgan fingerprint density at radius 3 is 1.50 bits per heavy atom. The zero-order valence-electron chi connectivity index (χ0n) is 15.9. The number of thioether (sulfide) groups is 1. The second-order valence-corrected chi connectivity index (χ2v) is 8.52. The molecular formula is C25H25ClOS. The van der Waals surface area contributed by atoms with Crippen LogP contribution in [0.3, 0.4) is 0 Å². The van der Waals surface area contributed by atoms with Crippen LogP contribution in [0.1, 0.15) is 42.4 Å². The average Bonchev–Trinajstić information content (AvgIpc) is 2.75. The molecular weight excluding hydrogens is 384 g/mol. The van der Waals surface area contributed by atoms with Gasteiger partial charge in [0.15, 0.2) is 0 Å². The van der Waals surface area contributed by atoms with Gasteiger partial charge in [-0.15, -0.1) is 11.8 Å². The molecule has 0 aliphatic carbocycles. The second-order valence-electron chi connectivity index (χ2n) is 6.79. The summed E-state index contributed by atoms with van der Waals surface area (Å²) >= 11 is 7.43. The van der Waals surface area contributed by atoms with Crippen molar-refractivity contribution < 1.29 is 4.79 Å². The first-order valence-corrected chi connectivity index (χ1v) is 11.1. The number of hydrogen-bond acceptors (Lipinski definition) is 2. The Kier molecular flexibility index (Phi) is 7.76. The number of benzene rings is 3. The van der Waals surface area contributed by atoms with Crippen molar-refractivity contribution in [2.45, 2.75) is 30.4 Å². The highest BCUT2D eigenvalue weighted by atomic mass is 35.5. The molecule has 0 saturated carbocycles. The van der Waals surface area contributed by atoms with Crippen molar-refractivity contribution in [3.63, 3.8) is 0 Å². The van der Waals surface area contributed by atoms with Gasteiger partial charge in [0.1, 0.15) is 0 Å². The standard InChI is InChI=1S/C25H25ClOS/c26-24(27)19-11-4-12-20-28-25(21-13-5-1-6-14-21,22-15-7-2-8-16-22)23-17-9-3-10-18-23/h1-3,5-10,13-18H,4,11-12,19-20H2. The van der Waals surface area contributed by atoms with E-state index >= 15 is 0 Å². The fourth-order valence-electron chi connectivity index (χ4n) is 3.54. The summed E-state index contributed by atoms with van der Waals surface area (Å²) in [5.41, 5.74) is 3.86. The number of rotatable bonds is 10. The molecule has 28 heavy (non-hydrogen) atoms. The minimum Gasteiger partial charge on any atom is -0.281 e. The predicted octanol–water partition coefficient (Wildman–Crippen LogP) is 7.04. The highest BCUT2D eigenvalue weighted by Crippen LogP contribution is 2.48. The third kappa shape index (κ3) is 5.06. The molecule has 1 nitrogen and oxygen atoms in total. The maximum absolute atomic E-state index is 11.0. The van der Waals surface area contributed by atoms with E-state index in [0.717, 1.165) is 25.0 Å². The lowest BCUT2D eigenvalue weighted by Crippen LogP contribution is -2.26. The number of carbonyl (C=O) groups excluding carboxylic acids is 1. The molecule has 0 amide bonds. The van der Waals surface area contributed by atoms with E-state index in [-0.39, 0.29) is 9.99 Å². The Labute approximate surface area is 177 Å². The maximum atomic E-state index is 11.0. The summed E-state index contributed by atoms with van der Waals surface area (Å²) in [6.45, 7) is 0. The number of halogens is 1. The lowest BCUT2D eigenvalue weighted by Gasteiger charge is -2.35. The van der Waals surface area contributed by atoms with E-state index in [0.29, 0.717) is 6.42 Å². The third-order valence-corrected chi connectivity index (χ3v) is 6.70. The molecule has 0 atom stereocenters. The van der Waals surface area contributed by atoms with Gasteiger partial charge in [0.25, 0.3) is 0 Å². The van der Waals surface area contributed by atoms with Gasteiger partial charge in [0.05, 0.1) is 4.75 Å². The van der Waals surface area contributed by atoms with Crippen molar-refractivity contribution >= 4 is 28.6 Å². The molecule has 0 spiro atoms. The molecule has 3 heteroatoms. The first kappa shape index (κ1) is 20.7. The third-order valence-electron chi connectivity index (χ3n) is 4.88. The zero-order valence-corrected chi connectivity index (χ0v) is 17.5. The van der Waals surface area contributed by atoms with Gasteiger partial charge in [-0.05, 0) is 46.9 Å². The SMILES string of the molecule is O=C(Cl)CCCCCSC(c1ccccc1)(c1ccccc1)c1ccccc1. The molecule has 3 aromatic carbocycles. The molecule has 0 bridgehead atoms. The van der Waals surface area contributed by atoms with Gasteiger partial charge in [-0.3, -0.25) is 4.79 Å². The van der Waals surface area contributed by atoms with Crippen molar-refractivity contribution in [2.75, 3.05) is 5.75 Å². The smallest absolute Gasteiger partial charge is 0.221 e. The average molecular weight is 409 g/mol. The number of carbonyl (C=O) groups is 1. The van der Waals surface area contributed by atoms with Gasteiger partial charge < -0.3 is 0 Å². The second kappa shape index (κ2) is 10.5. The number of unbranched alkanes of at least 4 members (excludes halogenated alkanes) is 2. The van der Waals surface area contributed by atoms with Crippen LogP contribution < -0.4 is 0 Å². The van der Waals surface area contributed by atoms with Crippen molar-refractivity contribution in [1.29, 1.82) is 0 Å². The summed E-state index contributed by atoms with van der Waals surface area (Å²) in [5, 5.41) is -0.236. The zero-order chi connectivity index (χ0) is 19.7. The summed E-state index contributed by atoms with van der Waals surface area (Å²) < 4.78 is -0.258. The van der Waals surface area contributed by atoms with Crippen LogP contribution in [-0.2, 0) is 9.54 Å². The van der Waals surface area contributed by atoms with E-state index in [1.807, 2.05) is 11.8 Å². The van der Waals surface area contributed by atoms with E-state index in [9.17, 15) is 4.79 Å². The molecule has 0 N–H and O–H groups in total. The van der Waals surface area contributed by atoms with Crippen LogP contribution in [-0.4, -0.2) is 11.0 Å².